The monoisotopic (exact) mass is 278 g/mol. The molecular weight excluding hydrogens is 270 g/mol. The van der Waals surface area contributed by atoms with Crippen molar-refractivity contribution >= 4 is 17.3 Å². The SMILES string of the molecule is N#Cc1cc(F)ccc1NCc1cc(F)cc(Cl)c1. The van der Waals surface area contributed by atoms with Gasteiger partial charge in [-0.15, -0.1) is 0 Å². The molecule has 1 N–H and O–H groups in total. The lowest BCUT2D eigenvalue weighted by Gasteiger charge is -2.09. The average Bonchev–Trinajstić information content (AvgIpc) is 2.36. The lowest BCUT2D eigenvalue weighted by Crippen LogP contribution is -2.02. The summed E-state index contributed by atoms with van der Waals surface area (Å²) < 4.78 is 26.1. The molecule has 0 aromatic heterocycles. The van der Waals surface area contributed by atoms with E-state index in [-0.39, 0.29) is 12.1 Å². The van der Waals surface area contributed by atoms with E-state index in [2.05, 4.69) is 5.32 Å². The fraction of sp³-hybridized carbons (Fsp3) is 0.0714. The summed E-state index contributed by atoms with van der Waals surface area (Å²) in [6, 6.07) is 9.92. The molecule has 0 atom stereocenters. The summed E-state index contributed by atoms with van der Waals surface area (Å²) in [5.74, 6) is -0.903. The van der Waals surface area contributed by atoms with Gasteiger partial charge in [-0.3, -0.25) is 0 Å². The van der Waals surface area contributed by atoms with Crippen LogP contribution in [-0.4, -0.2) is 0 Å². The number of halogens is 3. The number of nitrogens with zero attached hydrogens (tertiary/aromatic N) is 1. The van der Waals surface area contributed by atoms with Crippen molar-refractivity contribution in [2.24, 2.45) is 0 Å². The number of nitrogens with one attached hydrogen (secondary N) is 1. The number of hydrogen-bond donors (Lipinski definition) is 1. The van der Waals surface area contributed by atoms with Gasteiger partial charge >= 0.3 is 0 Å². The molecule has 0 aliphatic heterocycles. The van der Waals surface area contributed by atoms with Gasteiger partial charge in [-0.2, -0.15) is 5.26 Å². The number of anilines is 1. The van der Waals surface area contributed by atoms with Crippen LogP contribution in [0.15, 0.2) is 36.4 Å². The molecule has 5 heteroatoms. The zero-order valence-corrected chi connectivity index (χ0v) is 10.5. The van der Waals surface area contributed by atoms with Crippen molar-refractivity contribution in [1.82, 2.24) is 0 Å². The maximum Gasteiger partial charge on any atom is 0.125 e. The third-order valence-electron chi connectivity index (χ3n) is 2.51. The molecule has 0 unspecified atom stereocenters. The maximum atomic E-state index is 13.1. The van der Waals surface area contributed by atoms with Crippen molar-refractivity contribution < 1.29 is 8.78 Å². The normalized spacial score (nSPS) is 10.0. The van der Waals surface area contributed by atoms with Crippen molar-refractivity contribution in [2.45, 2.75) is 6.54 Å². The highest BCUT2D eigenvalue weighted by atomic mass is 35.5. The minimum absolute atomic E-state index is 0.197. The van der Waals surface area contributed by atoms with E-state index >= 15 is 0 Å². The third kappa shape index (κ3) is 3.43. The van der Waals surface area contributed by atoms with Gasteiger partial charge in [0.05, 0.1) is 11.3 Å². The van der Waals surface area contributed by atoms with Crippen LogP contribution in [-0.2, 0) is 6.54 Å². The lowest BCUT2D eigenvalue weighted by molar-refractivity contribution is 0.626. The first kappa shape index (κ1) is 13.3. The van der Waals surface area contributed by atoms with Gasteiger partial charge in [0, 0.05) is 11.6 Å². The molecule has 0 aliphatic carbocycles. The van der Waals surface area contributed by atoms with Crippen molar-refractivity contribution in [3.8, 4) is 6.07 Å². The first-order valence-corrected chi connectivity index (χ1v) is 5.85. The van der Waals surface area contributed by atoms with Gasteiger partial charge in [-0.25, -0.2) is 8.78 Å². The third-order valence-corrected chi connectivity index (χ3v) is 2.73. The Bertz CT molecular complexity index is 630. The van der Waals surface area contributed by atoms with Gasteiger partial charge in [-0.05, 0) is 42.0 Å². The van der Waals surface area contributed by atoms with E-state index < -0.39 is 11.6 Å². The molecule has 2 rings (SSSR count). The Morgan fingerprint density at radius 1 is 1.11 bits per heavy atom. The summed E-state index contributed by atoms with van der Waals surface area (Å²) in [4.78, 5) is 0. The van der Waals surface area contributed by atoms with E-state index in [1.165, 1.54) is 24.3 Å². The van der Waals surface area contributed by atoms with Crippen molar-refractivity contribution in [1.29, 1.82) is 5.26 Å². The Hall–Kier alpha value is -2.12. The molecule has 2 aromatic carbocycles. The molecule has 0 aliphatic rings. The van der Waals surface area contributed by atoms with E-state index in [1.54, 1.807) is 6.07 Å². The minimum atomic E-state index is -0.476. The Morgan fingerprint density at radius 3 is 2.58 bits per heavy atom. The molecule has 0 amide bonds. The summed E-state index contributed by atoms with van der Waals surface area (Å²) in [5, 5.41) is 12.1. The fourth-order valence-electron chi connectivity index (χ4n) is 1.67. The van der Waals surface area contributed by atoms with Crippen LogP contribution in [0, 0.1) is 23.0 Å². The van der Waals surface area contributed by atoms with Crippen LogP contribution in [0.4, 0.5) is 14.5 Å². The molecule has 0 spiro atoms. The van der Waals surface area contributed by atoms with Gasteiger partial charge in [-0.1, -0.05) is 11.6 Å². The zero-order valence-electron chi connectivity index (χ0n) is 9.75. The van der Waals surface area contributed by atoms with Crippen LogP contribution >= 0.6 is 11.6 Å². The average molecular weight is 279 g/mol. The molecule has 2 aromatic rings. The molecule has 0 saturated heterocycles. The van der Waals surface area contributed by atoms with Gasteiger partial charge < -0.3 is 5.32 Å². The predicted molar refractivity (Wildman–Crippen MR) is 69.9 cm³/mol. The van der Waals surface area contributed by atoms with Crippen molar-refractivity contribution in [3.05, 3.63) is 64.2 Å². The van der Waals surface area contributed by atoms with E-state index in [4.69, 9.17) is 16.9 Å². The second-order valence-corrected chi connectivity index (χ2v) is 4.37. The second kappa shape index (κ2) is 5.68. The van der Waals surface area contributed by atoms with Gasteiger partial charge in [0.15, 0.2) is 0 Å². The molecule has 0 saturated carbocycles. The lowest BCUT2D eigenvalue weighted by atomic mass is 10.1. The fourth-order valence-corrected chi connectivity index (χ4v) is 1.92. The summed E-state index contributed by atoms with van der Waals surface area (Å²) >= 11 is 5.74. The Morgan fingerprint density at radius 2 is 1.89 bits per heavy atom. The minimum Gasteiger partial charge on any atom is -0.380 e. The zero-order chi connectivity index (χ0) is 13.8. The molecular formula is C14H9ClF2N2. The standard InChI is InChI=1S/C14H9ClF2N2/c15-11-3-9(4-13(17)6-11)8-19-14-2-1-12(16)5-10(14)7-18/h1-6,19H,8H2. The summed E-state index contributed by atoms with van der Waals surface area (Å²) in [6.45, 7) is 0.289. The molecule has 0 fully saturated rings. The summed E-state index contributed by atoms with van der Waals surface area (Å²) in [7, 11) is 0. The number of hydrogen-bond acceptors (Lipinski definition) is 2. The van der Waals surface area contributed by atoms with Crippen LogP contribution in [0.2, 0.25) is 5.02 Å². The first-order valence-electron chi connectivity index (χ1n) is 5.47. The van der Waals surface area contributed by atoms with Crippen LogP contribution in [0.1, 0.15) is 11.1 Å². The summed E-state index contributed by atoms with van der Waals surface area (Å²) in [5.41, 5.74) is 1.32. The quantitative estimate of drug-likeness (QED) is 0.917. The van der Waals surface area contributed by atoms with Gasteiger partial charge in [0.25, 0.3) is 0 Å². The van der Waals surface area contributed by atoms with E-state index in [0.29, 0.717) is 16.3 Å². The van der Waals surface area contributed by atoms with Gasteiger partial charge in [0.1, 0.15) is 17.7 Å². The van der Waals surface area contributed by atoms with E-state index in [0.717, 1.165) is 6.07 Å². The van der Waals surface area contributed by atoms with E-state index in [9.17, 15) is 8.78 Å². The van der Waals surface area contributed by atoms with E-state index in [1.807, 2.05) is 6.07 Å². The largest absolute Gasteiger partial charge is 0.380 e. The first-order chi connectivity index (χ1) is 9.08. The van der Waals surface area contributed by atoms with Crippen molar-refractivity contribution in [3.63, 3.8) is 0 Å². The molecule has 19 heavy (non-hydrogen) atoms. The number of rotatable bonds is 3. The van der Waals surface area contributed by atoms with Crippen LogP contribution in [0.3, 0.4) is 0 Å². The molecule has 0 radical (unpaired) electrons. The topological polar surface area (TPSA) is 35.8 Å². The van der Waals surface area contributed by atoms with Crippen LogP contribution in [0.5, 0.6) is 0 Å². The number of nitriles is 1. The Labute approximate surface area is 114 Å². The van der Waals surface area contributed by atoms with Crippen LogP contribution < -0.4 is 5.32 Å². The van der Waals surface area contributed by atoms with Gasteiger partial charge in [0.2, 0.25) is 0 Å². The Kier molecular flexibility index (Phi) is 3.98. The van der Waals surface area contributed by atoms with Crippen LogP contribution in [0.25, 0.3) is 0 Å². The highest BCUT2D eigenvalue weighted by Crippen LogP contribution is 2.19. The summed E-state index contributed by atoms with van der Waals surface area (Å²) in [6.07, 6.45) is 0. The number of benzene rings is 2. The molecule has 96 valence electrons. The highest BCUT2D eigenvalue weighted by molar-refractivity contribution is 6.30. The second-order valence-electron chi connectivity index (χ2n) is 3.93. The molecule has 2 nitrogen and oxygen atoms in total. The molecule has 0 bridgehead atoms. The molecule has 0 heterocycles. The maximum absolute atomic E-state index is 13.1. The highest BCUT2D eigenvalue weighted by Gasteiger charge is 2.04. The Balaban J connectivity index is 2.17. The van der Waals surface area contributed by atoms with Crippen molar-refractivity contribution in [2.75, 3.05) is 5.32 Å². The smallest absolute Gasteiger partial charge is 0.125 e. The predicted octanol–water partition coefficient (Wildman–Crippen LogP) is 4.10.